The standard InChI is InChI=1S/C17H16ClN3O3/c1-24-15-4-2-3-13(9-15)17(23)19-11-16(22)21-20-10-12-5-7-14(18)8-6-12/h2-10H,11H2,1H3,(H,19,23)(H,21,22). The van der Waals surface area contributed by atoms with Crippen molar-refractivity contribution >= 4 is 29.6 Å². The van der Waals surface area contributed by atoms with E-state index in [1.165, 1.54) is 13.3 Å². The average Bonchev–Trinajstić information content (AvgIpc) is 2.61. The van der Waals surface area contributed by atoms with Crippen molar-refractivity contribution in [1.29, 1.82) is 0 Å². The lowest BCUT2D eigenvalue weighted by molar-refractivity contribution is -0.120. The Balaban J connectivity index is 1.80. The Morgan fingerprint density at radius 2 is 1.96 bits per heavy atom. The summed E-state index contributed by atoms with van der Waals surface area (Å²) in [5.41, 5.74) is 3.53. The second kappa shape index (κ2) is 8.69. The van der Waals surface area contributed by atoms with Crippen molar-refractivity contribution < 1.29 is 14.3 Å². The van der Waals surface area contributed by atoms with Crippen LogP contribution in [0.15, 0.2) is 53.6 Å². The van der Waals surface area contributed by atoms with Crippen molar-refractivity contribution in [2.45, 2.75) is 0 Å². The van der Waals surface area contributed by atoms with Gasteiger partial charge in [-0.2, -0.15) is 5.10 Å². The molecule has 0 aromatic heterocycles. The molecule has 0 heterocycles. The summed E-state index contributed by atoms with van der Waals surface area (Å²) in [5, 5.41) is 6.94. The maximum absolute atomic E-state index is 11.9. The first kappa shape index (κ1) is 17.5. The van der Waals surface area contributed by atoms with Crippen LogP contribution in [0.25, 0.3) is 0 Å². The molecule has 2 N–H and O–H groups in total. The zero-order valence-corrected chi connectivity index (χ0v) is 13.7. The number of carbonyl (C=O) groups excluding carboxylic acids is 2. The van der Waals surface area contributed by atoms with Crippen molar-refractivity contribution in [1.82, 2.24) is 10.7 Å². The minimum absolute atomic E-state index is 0.187. The van der Waals surface area contributed by atoms with Crippen LogP contribution in [0.1, 0.15) is 15.9 Å². The van der Waals surface area contributed by atoms with Gasteiger partial charge in [0.05, 0.1) is 19.9 Å². The summed E-state index contributed by atoms with van der Waals surface area (Å²) in [5.74, 6) is -0.234. The Bertz CT molecular complexity index is 745. The first-order valence-corrected chi connectivity index (χ1v) is 7.46. The summed E-state index contributed by atoms with van der Waals surface area (Å²) in [6, 6.07) is 13.6. The molecule has 2 amide bonds. The van der Waals surface area contributed by atoms with Crippen LogP contribution in [-0.4, -0.2) is 31.7 Å². The predicted molar refractivity (Wildman–Crippen MR) is 92.5 cm³/mol. The highest BCUT2D eigenvalue weighted by atomic mass is 35.5. The Morgan fingerprint density at radius 3 is 2.67 bits per heavy atom. The predicted octanol–water partition coefficient (Wildman–Crippen LogP) is 2.23. The van der Waals surface area contributed by atoms with Gasteiger partial charge in [0.1, 0.15) is 5.75 Å². The quantitative estimate of drug-likeness (QED) is 0.622. The number of hydrogen-bond acceptors (Lipinski definition) is 4. The molecule has 24 heavy (non-hydrogen) atoms. The van der Waals surface area contributed by atoms with Crippen molar-refractivity contribution in [3.05, 3.63) is 64.7 Å². The molecule has 0 atom stereocenters. The van der Waals surface area contributed by atoms with Gasteiger partial charge in [-0.25, -0.2) is 5.43 Å². The highest BCUT2D eigenvalue weighted by Gasteiger charge is 2.08. The van der Waals surface area contributed by atoms with Gasteiger partial charge in [0.2, 0.25) is 0 Å². The topological polar surface area (TPSA) is 79.8 Å². The first-order valence-electron chi connectivity index (χ1n) is 7.08. The zero-order valence-electron chi connectivity index (χ0n) is 13.0. The third-order valence-electron chi connectivity index (χ3n) is 3.01. The van der Waals surface area contributed by atoms with Crippen molar-refractivity contribution in [3.8, 4) is 5.75 Å². The third-order valence-corrected chi connectivity index (χ3v) is 3.27. The molecule has 2 rings (SSSR count). The highest BCUT2D eigenvalue weighted by Crippen LogP contribution is 2.12. The van der Waals surface area contributed by atoms with Gasteiger partial charge >= 0.3 is 0 Å². The summed E-state index contributed by atoms with van der Waals surface area (Å²) >= 11 is 5.77. The molecule has 0 radical (unpaired) electrons. The lowest BCUT2D eigenvalue weighted by atomic mass is 10.2. The summed E-state index contributed by atoms with van der Waals surface area (Å²) in [7, 11) is 1.52. The molecule has 0 fully saturated rings. The number of ether oxygens (including phenoxy) is 1. The molecule has 6 nitrogen and oxygen atoms in total. The molecule has 0 bridgehead atoms. The van der Waals surface area contributed by atoms with Crippen LogP contribution in [0.2, 0.25) is 5.02 Å². The molecule has 0 saturated carbocycles. The van der Waals surface area contributed by atoms with Crippen LogP contribution in [0.4, 0.5) is 0 Å². The lowest BCUT2D eigenvalue weighted by Gasteiger charge is -2.05. The number of nitrogens with zero attached hydrogens (tertiary/aromatic N) is 1. The van der Waals surface area contributed by atoms with Crippen LogP contribution in [0.5, 0.6) is 5.75 Å². The maximum atomic E-state index is 11.9. The normalized spacial score (nSPS) is 10.4. The van der Waals surface area contributed by atoms with E-state index in [2.05, 4.69) is 15.8 Å². The number of hydrazone groups is 1. The van der Waals surface area contributed by atoms with Gasteiger partial charge in [-0.3, -0.25) is 9.59 Å². The Kier molecular flexibility index (Phi) is 6.33. The fourth-order valence-corrected chi connectivity index (χ4v) is 1.92. The van der Waals surface area contributed by atoms with E-state index in [1.54, 1.807) is 48.5 Å². The molecular formula is C17H16ClN3O3. The Hall–Kier alpha value is -2.86. The van der Waals surface area contributed by atoms with E-state index < -0.39 is 5.91 Å². The SMILES string of the molecule is COc1cccc(C(=O)NCC(=O)NN=Cc2ccc(Cl)cc2)c1. The van der Waals surface area contributed by atoms with Gasteiger partial charge in [-0.05, 0) is 35.9 Å². The summed E-state index contributed by atoms with van der Waals surface area (Å²) in [6.45, 7) is -0.187. The number of nitrogens with one attached hydrogen (secondary N) is 2. The molecule has 124 valence electrons. The number of rotatable bonds is 6. The van der Waals surface area contributed by atoms with E-state index >= 15 is 0 Å². The van der Waals surface area contributed by atoms with Gasteiger partial charge in [0.25, 0.3) is 11.8 Å². The smallest absolute Gasteiger partial charge is 0.259 e. The van der Waals surface area contributed by atoms with Gasteiger partial charge in [0, 0.05) is 10.6 Å². The molecule has 0 unspecified atom stereocenters. The van der Waals surface area contributed by atoms with Crippen LogP contribution in [0, 0.1) is 0 Å². The van der Waals surface area contributed by atoms with E-state index in [0.717, 1.165) is 5.56 Å². The number of carbonyl (C=O) groups is 2. The van der Waals surface area contributed by atoms with Crippen molar-refractivity contribution in [2.24, 2.45) is 5.10 Å². The van der Waals surface area contributed by atoms with Crippen LogP contribution >= 0.6 is 11.6 Å². The number of methoxy groups -OCH3 is 1. The molecular weight excluding hydrogens is 330 g/mol. The molecule has 0 aliphatic heterocycles. The second-order valence-corrected chi connectivity index (χ2v) is 5.20. The molecule has 0 aliphatic carbocycles. The minimum atomic E-state index is -0.434. The Morgan fingerprint density at radius 1 is 1.21 bits per heavy atom. The van der Waals surface area contributed by atoms with Crippen LogP contribution in [-0.2, 0) is 4.79 Å². The summed E-state index contributed by atoms with van der Waals surface area (Å²) in [4.78, 5) is 23.6. The van der Waals surface area contributed by atoms with Gasteiger partial charge < -0.3 is 10.1 Å². The molecule has 2 aromatic carbocycles. The lowest BCUT2D eigenvalue weighted by Crippen LogP contribution is -2.34. The largest absolute Gasteiger partial charge is 0.497 e. The van der Waals surface area contributed by atoms with E-state index in [9.17, 15) is 9.59 Å². The summed E-state index contributed by atoms with van der Waals surface area (Å²) < 4.78 is 5.05. The van der Waals surface area contributed by atoms with Crippen molar-refractivity contribution in [2.75, 3.05) is 13.7 Å². The molecule has 7 heteroatoms. The fourth-order valence-electron chi connectivity index (χ4n) is 1.79. The van der Waals surface area contributed by atoms with Gasteiger partial charge in [-0.1, -0.05) is 29.8 Å². The molecule has 2 aromatic rings. The van der Waals surface area contributed by atoms with E-state index in [4.69, 9.17) is 16.3 Å². The third kappa shape index (κ3) is 5.40. The fraction of sp³-hybridized carbons (Fsp3) is 0.118. The first-order chi connectivity index (χ1) is 11.6. The van der Waals surface area contributed by atoms with Crippen molar-refractivity contribution in [3.63, 3.8) is 0 Å². The monoisotopic (exact) mass is 345 g/mol. The molecule has 0 saturated heterocycles. The second-order valence-electron chi connectivity index (χ2n) is 4.76. The number of amides is 2. The van der Waals surface area contributed by atoms with E-state index in [0.29, 0.717) is 16.3 Å². The molecule has 0 spiro atoms. The van der Waals surface area contributed by atoms with Crippen LogP contribution < -0.4 is 15.5 Å². The zero-order chi connectivity index (χ0) is 17.4. The number of benzene rings is 2. The van der Waals surface area contributed by atoms with E-state index in [1.807, 2.05) is 0 Å². The number of hydrogen-bond donors (Lipinski definition) is 2. The average molecular weight is 346 g/mol. The maximum Gasteiger partial charge on any atom is 0.259 e. The Labute approximate surface area is 144 Å². The van der Waals surface area contributed by atoms with Gasteiger partial charge in [0.15, 0.2) is 0 Å². The highest BCUT2D eigenvalue weighted by molar-refractivity contribution is 6.30. The van der Waals surface area contributed by atoms with Gasteiger partial charge in [-0.15, -0.1) is 0 Å². The molecule has 0 aliphatic rings. The number of halogens is 1. The summed E-state index contributed by atoms with van der Waals surface area (Å²) in [6.07, 6.45) is 1.48. The minimum Gasteiger partial charge on any atom is -0.497 e. The van der Waals surface area contributed by atoms with Crippen LogP contribution in [0.3, 0.4) is 0 Å². The van der Waals surface area contributed by atoms with E-state index in [-0.39, 0.29) is 12.5 Å².